The van der Waals surface area contributed by atoms with E-state index in [0.717, 1.165) is 6.08 Å². The molecule has 0 fully saturated rings. The van der Waals surface area contributed by atoms with Crippen LogP contribution in [0.25, 0.3) is 0 Å². The van der Waals surface area contributed by atoms with Gasteiger partial charge in [-0.15, -0.1) is 11.6 Å². The predicted octanol–water partition coefficient (Wildman–Crippen LogP) is -0.0571. The van der Waals surface area contributed by atoms with Crippen molar-refractivity contribution in [3.63, 3.8) is 0 Å². The molecule has 0 radical (unpaired) electrons. The summed E-state index contributed by atoms with van der Waals surface area (Å²) < 4.78 is 4.63. The Morgan fingerprint density at radius 3 is 1.67 bits per heavy atom. The quantitative estimate of drug-likeness (QED) is 0.306. The lowest BCUT2D eigenvalue weighted by Crippen LogP contribution is -2.06. The van der Waals surface area contributed by atoms with E-state index in [0.29, 0.717) is 13.2 Å². The first kappa shape index (κ1) is 22.1. The maximum Gasteiger partial charge on any atom is 0.327 e. The summed E-state index contributed by atoms with van der Waals surface area (Å²) in [6.07, 6.45) is 0.833. The minimum atomic E-state index is -0.981. The van der Waals surface area contributed by atoms with Crippen molar-refractivity contribution in [3.8, 4) is 0 Å². The molecule has 0 amide bonds. The predicted molar refractivity (Wildman–Crippen MR) is 65.8 cm³/mol. The van der Waals surface area contributed by atoms with Gasteiger partial charge in [-0.05, 0) is 6.92 Å². The normalized spacial score (nSPS) is 10.0. The SMILES string of the molecule is C=CC(=O)O.CC(Cl)C(=O)O.OCCOCCO. The lowest BCUT2D eigenvalue weighted by atomic mass is 10.5. The second-order valence-electron chi connectivity index (χ2n) is 2.56. The van der Waals surface area contributed by atoms with Crippen LogP contribution in [0, 0.1) is 0 Å². The summed E-state index contributed by atoms with van der Waals surface area (Å²) in [6, 6.07) is 0. The van der Waals surface area contributed by atoms with Gasteiger partial charge in [0.15, 0.2) is 0 Å². The Kier molecular flexibility index (Phi) is 22.3. The van der Waals surface area contributed by atoms with Gasteiger partial charge < -0.3 is 25.2 Å². The minimum absolute atomic E-state index is 0.0278. The topological polar surface area (TPSA) is 124 Å². The number of carbonyl (C=O) groups is 2. The van der Waals surface area contributed by atoms with Gasteiger partial charge in [-0.1, -0.05) is 6.58 Å². The average molecular weight is 287 g/mol. The summed E-state index contributed by atoms with van der Waals surface area (Å²) in [7, 11) is 0. The second kappa shape index (κ2) is 18.2. The highest BCUT2D eigenvalue weighted by molar-refractivity contribution is 6.29. The van der Waals surface area contributed by atoms with Gasteiger partial charge in [0.05, 0.1) is 26.4 Å². The number of aliphatic hydroxyl groups is 2. The van der Waals surface area contributed by atoms with Crippen molar-refractivity contribution in [1.29, 1.82) is 0 Å². The molecule has 0 aliphatic carbocycles. The van der Waals surface area contributed by atoms with Gasteiger partial charge in [0.25, 0.3) is 0 Å². The summed E-state index contributed by atoms with van der Waals surface area (Å²) >= 11 is 5.01. The summed E-state index contributed by atoms with van der Waals surface area (Å²) in [5, 5.41) is 30.9. The molecule has 18 heavy (non-hydrogen) atoms. The fourth-order valence-corrected chi connectivity index (χ4v) is 0.231. The Morgan fingerprint density at radius 1 is 1.28 bits per heavy atom. The molecule has 1 atom stereocenters. The van der Waals surface area contributed by atoms with E-state index in [9.17, 15) is 9.59 Å². The third-order valence-electron chi connectivity index (χ3n) is 0.986. The number of alkyl halides is 1. The molecule has 0 aromatic heterocycles. The Labute approximate surface area is 110 Å². The highest BCUT2D eigenvalue weighted by atomic mass is 35.5. The number of aliphatic hydroxyl groups excluding tert-OH is 2. The van der Waals surface area contributed by atoms with Crippen LogP contribution < -0.4 is 0 Å². The van der Waals surface area contributed by atoms with E-state index < -0.39 is 17.3 Å². The molecule has 0 aliphatic heterocycles. The van der Waals surface area contributed by atoms with Gasteiger partial charge in [-0.2, -0.15) is 0 Å². The molecule has 0 saturated heterocycles. The molecule has 0 aromatic rings. The van der Waals surface area contributed by atoms with Crippen molar-refractivity contribution < 1.29 is 34.8 Å². The van der Waals surface area contributed by atoms with Crippen molar-refractivity contribution in [2.45, 2.75) is 12.3 Å². The van der Waals surface area contributed by atoms with Crippen LogP contribution >= 0.6 is 11.6 Å². The van der Waals surface area contributed by atoms with Crippen molar-refractivity contribution in [2.75, 3.05) is 26.4 Å². The monoisotopic (exact) mass is 286 g/mol. The van der Waals surface area contributed by atoms with E-state index in [1.54, 1.807) is 0 Å². The number of halogens is 1. The zero-order valence-electron chi connectivity index (χ0n) is 10.1. The van der Waals surface area contributed by atoms with Gasteiger partial charge >= 0.3 is 11.9 Å². The first-order chi connectivity index (χ1) is 8.33. The van der Waals surface area contributed by atoms with Crippen LogP contribution in [-0.2, 0) is 14.3 Å². The van der Waals surface area contributed by atoms with Crippen LogP contribution in [0.5, 0.6) is 0 Å². The Balaban J connectivity index is -0.000000190. The first-order valence-electron chi connectivity index (χ1n) is 4.85. The van der Waals surface area contributed by atoms with Crippen molar-refractivity contribution in [2.24, 2.45) is 0 Å². The van der Waals surface area contributed by atoms with Crippen molar-refractivity contribution in [3.05, 3.63) is 12.7 Å². The maximum absolute atomic E-state index is 9.57. The van der Waals surface area contributed by atoms with E-state index in [-0.39, 0.29) is 13.2 Å². The molecule has 0 bridgehead atoms. The lowest BCUT2D eigenvalue weighted by Gasteiger charge is -1.94. The highest BCUT2D eigenvalue weighted by Crippen LogP contribution is 1.89. The molecule has 0 heterocycles. The molecule has 0 aliphatic rings. The zero-order chi connectivity index (χ0) is 15.0. The minimum Gasteiger partial charge on any atom is -0.480 e. The number of aliphatic carboxylic acids is 2. The second-order valence-corrected chi connectivity index (χ2v) is 3.21. The fraction of sp³-hybridized carbons (Fsp3) is 0.600. The lowest BCUT2D eigenvalue weighted by molar-refractivity contribution is -0.136. The summed E-state index contributed by atoms with van der Waals surface area (Å²) in [6.45, 7) is 5.06. The zero-order valence-corrected chi connectivity index (χ0v) is 10.8. The molecule has 4 N–H and O–H groups in total. The number of rotatable bonds is 6. The molecule has 108 valence electrons. The smallest absolute Gasteiger partial charge is 0.327 e. The van der Waals surface area contributed by atoms with E-state index in [1.807, 2.05) is 0 Å². The summed E-state index contributed by atoms with van der Waals surface area (Å²) in [5.74, 6) is -1.96. The fourth-order valence-electron chi connectivity index (χ4n) is 0.231. The van der Waals surface area contributed by atoms with Crippen LogP contribution in [0.2, 0.25) is 0 Å². The molecule has 0 spiro atoms. The largest absolute Gasteiger partial charge is 0.480 e. The third-order valence-corrected chi connectivity index (χ3v) is 1.17. The first-order valence-corrected chi connectivity index (χ1v) is 5.28. The van der Waals surface area contributed by atoms with Gasteiger partial charge in [-0.3, -0.25) is 4.79 Å². The Hall–Kier alpha value is -1.15. The van der Waals surface area contributed by atoms with Gasteiger partial charge in [0.1, 0.15) is 5.38 Å². The molecular formula is C10H19ClO7. The number of ether oxygens (including phenoxy) is 1. The van der Waals surface area contributed by atoms with E-state index in [1.165, 1.54) is 6.92 Å². The molecule has 8 heteroatoms. The maximum atomic E-state index is 9.57. The standard InChI is InChI=1S/C4H10O3.C3H5ClO2.C3H4O2/c5-1-3-7-4-2-6;1-2(4)3(5)6;1-2-3(4)5/h5-6H,1-4H2;2H,1H3,(H,5,6);2H,1H2,(H,4,5). The molecule has 0 aromatic carbocycles. The molecule has 0 saturated carbocycles. The van der Waals surface area contributed by atoms with Gasteiger partial charge in [0.2, 0.25) is 0 Å². The number of carboxylic acids is 2. The van der Waals surface area contributed by atoms with Crippen LogP contribution in [0.15, 0.2) is 12.7 Å². The summed E-state index contributed by atoms with van der Waals surface area (Å²) in [5.41, 5.74) is 0. The van der Waals surface area contributed by atoms with Gasteiger partial charge in [-0.25, -0.2) is 4.79 Å². The van der Waals surface area contributed by atoms with Gasteiger partial charge in [0, 0.05) is 6.08 Å². The Morgan fingerprint density at radius 2 is 1.56 bits per heavy atom. The number of hydrogen-bond acceptors (Lipinski definition) is 5. The molecule has 1 unspecified atom stereocenters. The number of hydrogen-bond donors (Lipinski definition) is 4. The van der Waals surface area contributed by atoms with E-state index in [4.69, 9.17) is 32.0 Å². The highest BCUT2D eigenvalue weighted by Gasteiger charge is 2.02. The van der Waals surface area contributed by atoms with E-state index >= 15 is 0 Å². The van der Waals surface area contributed by atoms with Crippen LogP contribution in [-0.4, -0.2) is 64.2 Å². The third kappa shape index (κ3) is 36.4. The molecule has 7 nitrogen and oxygen atoms in total. The number of carboxylic acid groups (broad SMARTS) is 2. The van der Waals surface area contributed by atoms with Crippen LogP contribution in [0.1, 0.15) is 6.92 Å². The molecular weight excluding hydrogens is 268 g/mol. The summed E-state index contributed by atoms with van der Waals surface area (Å²) in [4.78, 5) is 18.8. The van der Waals surface area contributed by atoms with Crippen LogP contribution in [0.4, 0.5) is 0 Å². The average Bonchev–Trinajstić information content (AvgIpc) is 2.31. The molecule has 0 rings (SSSR count). The Bertz CT molecular complexity index is 214. The van der Waals surface area contributed by atoms with Crippen molar-refractivity contribution in [1.82, 2.24) is 0 Å². The van der Waals surface area contributed by atoms with Crippen molar-refractivity contribution >= 4 is 23.5 Å². The van der Waals surface area contributed by atoms with E-state index in [2.05, 4.69) is 11.3 Å². The van der Waals surface area contributed by atoms with Crippen LogP contribution in [0.3, 0.4) is 0 Å².